The van der Waals surface area contributed by atoms with Crippen molar-refractivity contribution >= 4 is 73.7 Å². The molecule has 0 saturated carbocycles. The molecule has 0 unspecified atom stereocenters. The van der Waals surface area contributed by atoms with Gasteiger partial charge in [-0.3, -0.25) is 0 Å². The van der Waals surface area contributed by atoms with Crippen LogP contribution in [0.25, 0.3) is 0 Å². The molecule has 0 radical (unpaired) electrons. The normalized spacial score (nSPS) is 8.42. The first-order valence-corrected chi connectivity index (χ1v) is 6.36. The van der Waals surface area contributed by atoms with Crippen molar-refractivity contribution in [3.63, 3.8) is 0 Å². The minimum Gasteiger partial charge on any atom is -0.123 e. The van der Waals surface area contributed by atoms with E-state index in [0.29, 0.717) is 10.0 Å². The van der Waals surface area contributed by atoms with Gasteiger partial charge in [-0.1, -0.05) is 35.3 Å². The molecule has 0 aliphatic carbocycles. The molecule has 0 aromatic heterocycles. The summed E-state index contributed by atoms with van der Waals surface area (Å²) in [6.45, 7) is 0. The third-order valence-electron chi connectivity index (χ3n) is 0.824. The standard InChI is InChI=1S/C6H4Cl2.BBr3/c7-5-3-1-2-4-6(5)8;2-1(3)4/h1-4H;. The van der Waals surface area contributed by atoms with E-state index in [1.165, 1.54) is 0 Å². The number of hydrogen-bond donors (Lipinski definition) is 0. The zero-order valence-electron chi connectivity index (χ0n) is 5.78. The van der Waals surface area contributed by atoms with E-state index in [1.807, 2.05) is 12.1 Å². The van der Waals surface area contributed by atoms with Gasteiger partial charge in [0.15, 0.2) is 0 Å². The lowest BCUT2D eigenvalue weighted by Gasteiger charge is -1.88. The van der Waals surface area contributed by atoms with E-state index in [9.17, 15) is 0 Å². The van der Waals surface area contributed by atoms with Crippen molar-refractivity contribution in [2.24, 2.45) is 0 Å². The van der Waals surface area contributed by atoms with Gasteiger partial charge in [0.25, 0.3) is 0 Å². The minimum absolute atomic E-state index is 0.271. The van der Waals surface area contributed by atoms with Gasteiger partial charge in [0.05, 0.1) is 10.0 Å². The summed E-state index contributed by atoms with van der Waals surface area (Å²) in [5, 5.41) is 1.21. The molecule has 0 heterocycles. The van der Waals surface area contributed by atoms with Gasteiger partial charge in [-0.25, -0.2) is 0 Å². The van der Waals surface area contributed by atoms with Gasteiger partial charge >= 0.3 is 3.18 Å². The van der Waals surface area contributed by atoms with Crippen LogP contribution in [-0.2, 0) is 0 Å². The molecule has 0 aliphatic heterocycles. The zero-order chi connectivity index (χ0) is 9.56. The summed E-state index contributed by atoms with van der Waals surface area (Å²) >= 11 is 20.5. The molecule has 0 amide bonds. The fourth-order valence-electron chi connectivity index (χ4n) is 0.439. The largest absolute Gasteiger partial charge is 0.369 e. The zero-order valence-corrected chi connectivity index (χ0v) is 12.0. The first kappa shape index (κ1) is 13.3. The summed E-state index contributed by atoms with van der Waals surface area (Å²) in [6, 6.07) is 7.19. The van der Waals surface area contributed by atoms with Crippen LogP contribution in [0.5, 0.6) is 0 Å². The van der Waals surface area contributed by atoms with Crippen LogP contribution in [0.3, 0.4) is 0 Å². The molecule has 0 aliphatic rings. The van der Waals surface area contributed by atoms with Crippen molar-refractivity contribution in [2.75, 3.05) is 0 Å². The lowest BCUT2D eigenvalue weighted by atomic mass is 10.4. The predicted molar refractivity (Wildman–Crippen MR) is 69.0 cm³/mol. The summed E-state index contributed by atoms with van der Waals surface area (Å²) in [5.74, 6) is 0. The lowest BCUT2D eigenvalue weighted by Crippen LogP contribution is -1.62. The van der Waals surface area contributed by atoms with E-state index in [2.05, 4.69) is 47.3 Å². The molecule has 1 aromatic rings. The third-order valence-corrected chi connectivity index (χ3v) is 1.58. The van der Waals surface area contributed by atoms with Crippen molar-refractivity contribution in [1.82, 2.24) is 0 Å². The topological polar surface area (TPSA) is 0 Å². The van der Waals surface area contributed by atoms with Crippen molar-refractivity contribution < 1.29 is 0 Å². The van der Waals surface area contributed by atoms with Crippen LogP contribution in [0.4, 0.5) is 0 Å². The van der Waals surface area contributed by atoms with Crippen molar-refractivity contribution in [3.05, 3.63) is 34.3 Å². The maximum absolute atomic E-state index is 5.58. The van der Waals surface area contributed by atoms with Gasteiger partial charge in [0.2, 0.25) is 0 Å². The van der Waals surface area contributed by atoms with Crippen LogP contribution in [0, 0.1) is 0 Å². The summed E-state index contributed by atoms with van der Waals surface area (Å²) in [4.78, 5) is 0. The Morgan fingerprint density at radius 3 is 1.33 bits per heavy atom. The van der Waals surface area contributed by atoms with Crippen LogP contribution in [-0.4, -0.2) is 3.18 Å². The quantitative estimate of drug-likeness (QED) is 0.531. The highest BCUT2D eigenvalue weighted by atomic mass is 79.9. The first-order chi connectivity index (χ1) is 5.54. The fourth-order valence-corrected chi connectivity index (χ4v) is 0.711. The first-order valence-electron chi connectivity index (χ1n) is 2.86. The molecule has 12 heavy (non-hydrogen) atoms. The fraction of sp³-hybridized carbons (Fsp3) is 0. The molecule has 0 bridgehead atoms. The molecular formula is C6H4BBr3Cl2. The molecular weight excluding hydrogens is 393 g/mol. The second kappa shape index (κ2) is 7.68. The maximum Gasteiger partial charge on any atom is 0.369 e. The second-order valence-electron chi connectivity index (χ2n) is 1.66. The highest BCUT2D eigenvalue weighted by Gasteiger charge is 1.89. The highest BCUT2D eigenvalue weighted by molar-refractivity contribution is 9.69. The Hall–Kier alpha value is 1.30. The molecule has 0 saturated heterocycles. The second-order valence-corrected chi connectivity index (χ2v) is 8.91. The Morgan fingerprint density at radius 1 is 0.917 bits per heavy atom. The summed E-state index contributed by atoms with van der Waals surface area (Å²) in [6.07, 6.45) is 0. The van der Waals surface area contributed by atoms with Crippen molar-refractivity contribution in [2.45, 2.75) is 0 Å². The van der Waals surface area contributed by atoms with Crippen LogP contribution >= 0.6 is 70.5 Å². The minimum atomic E-state index is 0.271. The van der Waals surface area contributed by atoms with Gasteiger partial charge < -0.3 is 0 Å². The van der Waals surface area contributed by atoms with Gasteiger partial charge in [-0.15, -0.1) is 47.3 Å². The summed E-state index contributed by atoms with van der Waals surface area (Å²) in [7, 11) is 0. The molecule has 0 fully saturated rings. The van der Waals surface area contributed by atoms with Crippen LogP contribution in [0.15, 0.2) is 24.3 Å². The Bertz CT molecular complexity index is 208. The van der Waals surface area contributed by atoms with Gasteiger partial charge in [-0.2, -0.15) is 0 Å². The summed E-state index contributed by atoms with van der Waals surface area (Å²) < 4.78 is 0.271. The van der Waals surface area contributed by atoms with Crippen molar-refractivity contribution in [3.8, 4) is 0 Å². The molecule has 6 heteroatoms. The van der Waals surface area contributed by atoms with E-state index >= 15 is 0 Å². The molecule has 0 spiro atoms. The van der Waals surface area contributed by atoms with Gasteiger partial charge in [0.1, 0.15) is 0 Å². The van der Waals surface area contributed by atoms with Gasteiger partial charge in [-0.05, 0) is 12.1 Å². The van der Waals surface area contributed by atoms with Crippen LogP contribution < -0.4 is 0 Å². The van der Waals surface area contributed by atoms with Crippen LogP contribution in [0.1, 0.15) is 0 Å². The Kier molecular flexibility index (Phi) is 8.52. The Morgan fingerprint density at radius 2 is 1.17 bits per heavy atom. The highest BCUT2D eigenvalue weighted by Crippen LogP contribution is 2.19. The van der Waals surface area contributed by atoms with E-state index in [1.54, 1.807) is 12.1 Å². The summed E-state index contributed by atoms with van der Waals surface area (Å²) in [5.41, 5.74) is 0. The van der Waals surface area contributed by atoms with E-state index < -0.39 is 0 Å². The maximum atomic E-state index is 5.58. The molecule has 0 nitrogen and oxygen atoms in total. The molecule has 1 rings (SSSR count). The van der Waals surface area contributed by atoms with E-state index in [4.69, 9.17) is 23.2 Å². The molecule has 0 atom stereocenters. The predicted octanol–water partition coefficient (Wildman–Crippen LogP) is 5.15. The number of hydrogen-bond acceptors (Lipinski definition) is 0. The number of benzene rings is 1. The Labute approximate surface area is 107 Å². The van der Waals surface area contributed by atoms with Crippen molar-refractivity contribution in [1.29, 1.82) is 0 Å². The molecule has 0 N–H and O–H groups in total. The third kappa shape index (κ3) is 7.93. The van der Waals surface area contributed by atoms with E-state index in [-0.39, 0.29) is 3.18 Å². The smallest absolute Gasteiger partial charge is 0.123 e. The molecule has 1 aromatic carbocycles. The average molecular weight is 398 g/mol. The SMILES string of the molecule is BrB(Br)Br.Clc1ccccc1Cl. The average Bonchev–Trinajstić information content (AvgIpc) is 1.94. The van der Waals surface area contributed by atoms with Crippen LogP contribution in [0.2, 0.25) is 10.0 Å². The Balaban J connectivity index is 0.000000261. The molecule has 66 valence electrons. The van der Waals surface area contributed by atoms with E-state index in [0.717, 1.165) is 0 Å². The lowest BCUT2D eigenvalue weighted by molar-refractivity contribution is 1.71. The van der Waals surface area contributed by atoms with Gasteiger partial charge in [0, 0.05) is 0 Å². The number of rotatable bonds is 0. The monoisotopic (exact) mass is 394 g/mol. The number of halogens is 5.